The van der Waals surface area contributed by atoms with Gasteiger partial charge in [-0.15, -0.1) is 62.0 Å². The molecule has 0 radical (unpaired) electrons. The van der Waals surface area contributed by atoms with Crippen LogP contribution in [0.25, 0.3) is 0 Å². The minimum absolute atomic E-state index is 0. The fraction of sp³-hybridized carbons (Fsp3) is 0.727. The Morgan fingerprint density at radius 2 is 0.971 bits per heavy atom. The monoisotopic (exact) mass is 598 g/mol. The molecule has 0 aliphatic carbocycles. The minimum Gasteiger partial charge on any atom is -0.386 e. The molecule has 2 aromatic rings. The SMILES string of the molecule is Cc1cc(C(O)C2CCNCC2)nn1C.Cc1cc(C(O)C2CCNCC2)nn1C.Cl.Cl.Cl.Cl.Cl. The number of hydrogen-bond acceptors (Lipinski definition) is 6. The highest BCUT2D eigenvalue weighted by molar-refractivity contribution is 5.86. The quantitative estimate of drug-likeness (QED) is 0.428. The number of nitrogens with zero attached hydrogens (tertiary/aromatic N) is 4. The van der Waals surface area contributed by atoms with Gasteiger partial charge in [-0.3, -0.25) is 9.36 Å². The first kappa shape index (κ1) is 39.2. The van der Waals surface area contributed by atoms with Crippen LogP contribution in [0, 0.1) is 25.7 Å². The molecule has 2 aromatic heterocycles. The predicted octanol–water partition coefficient (Wildman–Crippen LogP) is 3.63. The van der Waals surface area contributed by atoms with Crippen LogP contribution in [0.15, 0.2) is 12.1 Å². The summed E-state index contributed by atoms with van der Waals surface area (Å²) in [5, 5.41) is 35.6. The van der Waals surface area contributed by atoms with Crippen molar-refractivity contribution in [3.8, 4) is 0 Å². The molecule has 0 spiro atoms. The average molecular weight is 601 g/mol. The summed E-state index contributed by atoms with van der Waals surface area (Å²) in [5.41, 5.74) is 3.83. The molecule has 2 unspecified atom stereocenters. The smallest absolute Gasteiger partial charge is 0.101 e. The molecule has 8 nitrogen and oxygen atoms in total. The van der Waals surface area contributed by atoms with Crippen LogP contribution in [-0.2, 0) is 14.1 Å². The van der Waals surface area contributed by atoms with Gasteiger partial charge in [0.1, 0.15) is 12.2 Å². The van der Waals surface area contributed by atoms with Crippen LogP contribution in [0.4, 0.5) is 0 Å². The molecule has 2 fully saturated rings. The van der Waals surface area contributed by atoms with E-state index in [1.807, 2.05) is 49.4 Å². The number of aromatic nitrogens is 4. The van der Waals surface area contributed by atoms with Crippen LogP contribution >= 0.6 is 62.0 Å². The lowest BCUT2D eigenvalue weighted by Crippen LogP contribution is -2.31. The van der Waals surface area contributed by atoms with Crippen LogP contribution in [0.5, 0.6) is 0 Å². The zero-order valence-corrected chi connectivity index (χ0v) is 24.9. The van der Waals surface area contributed by atoms with Crippen molar-refractivity contribution < 1.29 is 10.2 Å². The van der Waals surface area contributed by atoms with E-state index >= 15 is 0 Å². The molecule has 13 heteroatoms. The topological polar surface area (TPSA) is 100 Å². The highest BCUT2D eigenvalue weighted by atomic mass is 35.5. The second-order valence-corrected chi connectivity index (χ2v) is 8.73. The highest BCUT2D eigenvalue weighted by Crippen LogP contribution is 2.29. The highest BCUT2D eigenvalue weighted by Gasteiger charge is 2.26. The molecule has 0 bridgehead atoms. The maximum atomic E-state index is 10.2. The van der Waals surface area contributed by atoms with Gasteiger partial charge in [-0.2, -0.15) is 10.2 Å². The first-order valence-electron chi connectivity index (χ1n) is 11.2. The summed E-state index contributed by atoms with van der Waals surface area (Å²) in [6.45, 7) is 8.04. The van der Waals surface area contributed by atoms with Crippen LogP contribution in [0.3, 0.4) is 0 Å². The van der Waals surface area contributed by atoms with Gasteiger partial charge in [-0.25, -0.2) is 0 Å². The summed E-state index contributed by atoms with van der Waals surface area (Å²) in [4.78, 5) is 0. The van der Waals surface area contributed by atoms with Crippen molar-refractivity contribution in [2.24, 2.45) is 25.9 Å². The van der Waals surface area contributed by atoms with Crippen molar-refractivity contribution >= 4 is 62.0 Å². The third-order valence-electron chi connectivity index (χ3n) is 6.53. The minimum atomic E-state index is -0.396. The molecular weight excluding hydrogens is 558 g/mol. The fourth-order valence-electron chi connectivity index (χ4n) is 4.27. The van der Waals surface area contributed by atoms with Gasteiger partial charge >= 0.3 is 0 Å². The number of nitrogens with one attached hydrogen (secondary N) is 2. The predicted molar refractivity (Wildman–Crippen MR) is 153 cm³/mol. The third kappa shape index (κ3) is 10.9. The van der Waals surface area contributed by atoms with Gasteiger partial charge in [0.15, 0.2) is 0 Å². The number of rotatable bonds is 4. The normalized spacial score (nSPS) is 17.5. The molecular formula is C22H43Cl5N6O2. The van der Waals surface area contributed by atoms with E-state index in [9.17, 15) is 10.2 Å². The summed E-state index contributed by atoms with van der Waals surface area (Å²) in [6, 6.07) is 3.96. The Bertz CT molecular complexity index is 705. The Balaban J connectivity index is -0.000000512. The third-order valence-corrected chi connectivity index (χ3v) is 6.53. The lowest BCUT2D eigenvalue weighted by Gasteiger charge is -2.26. The summed E-state index contributed by atoms with van der Waals surface area (Å²) in [6.07, 6.45) is 3.36. The summed E-state index contributed by atoms with van der Waals surface area (Å²) >= 11 is 0. The van der Waals surface area contributed by atoms with Gasteiger partial charge < -0.3 is 20.8 Å². The van der Waals surface area contributed by atoms with Crippen molar-refractivity contribution in [1.29, 1.82) is 0 Å². The van der Waals surface area contributed by atoms with Gasteiger partial charge in [0.2, 0.25) is 0 Å². The van der Waals surface area contributed by atoms with Gasteiger partial charge in [0.25, 0.3) is 0 Å². The standard InChI is InChI=1S/2C11H19N3O.5ClH/c2*1-8-7-10(13-14(8)2)11(15)9-3-5-12-6-4-9;;;;;/h2*7,9,11-12,15H,3-6H2,1-2H3;5*1H. The molecule has 4 N–H and O–H groups in total. The molecule has 2 atom stereocenters. The fourth-order valence-corrected chi connectivity index (χ4v) is 4.27. The molecule has 2 aliphatic rings. The Morgan fingerprint density at radius 1 is 0.686 bits per heavy atom. The molecule has 0 amide bonds. The number of halogens is 5. The van der Waals surface area contributed by atoms with Gasteiger partial charge in [0, 0.05) is 25.5 Å². The van der Waals surface area contributed by atoms with E-state index in [1.54, 1.807) is 0 Å². The van der Waals surface area contributed by atoms with Gasteiger partial charge in [0.05, 0.1) is 11.4 Å². The maximum absolute atomic E-state index is 10.2. The van der Waals surface area contributed by atoms with E-state index in [1.165, 1.54) is 0 Å². The Kier molecular flexibility index (Phi) is 21.2. The van der Waals surface area contributed by atoms with E-state index in [0.717, 1.165) is 74.6 Å². The van der Waals surface area contributed by atoms with Crippen LogP contribution in [-0.4, -0.2) is 56.0 Å². The Hall–Kier alpha value is -0.290. The van der Waals surface area contributed by atoms with Gasteiger partial charge in [-0.05, 0) is 89.7 Å². The summed E-state index contributed by atoms with van der Waals surface area (Å²) in [7, 11) is 3.82. The largest absolute Gasteiger partial charge is 0.386 e. The Labute approximate surface area is 240 Å². The van der Waals surface area contributed by atoms with E-state index in [-0.39, 0.29) is 62.0 Å². The molecule has 208 valence electrons. The molecule has 2 saturated heterocycles. The van der Waals surface area contributed by atoms with E-state index < -0.39 is 12.2 Å². The maximum Gasteiger partial charge on any atom is 0.101 e. The molecule has 4 heterocycles. The van der Waals surface area contributed by atoms with Crippen LogP contribution in [0.1, 0.15) is 60.7 Å². The van der Waals surface area contributed by atoms with Crippen molar-refractivity contribution in [3.63, 3.8) is 0 Å². The average Bonchev–Trinajstić information content (AvgIpc) is 3.29. The van der Waals surface area contributed by atoms with E-state index in [0.29, 0.717) is 11.8 Å². The summed E-state index contributed by atoms with van der Waals surface area (Å²) < 4.78 is 3.64. The van der Waals surface area contributed by atoms with E-state index in [4.69, 9.17) is 0 Å². The molecule has 4 rings (SSSR count). The number of aliphatic hydroxyl groups excluding tert-OH is 2. The van der Waals surface area contributed by atoms with Gasteiger partial charge in [-0.1, -0.05) is 0 Å². The number of hydrogen-bond donors (Lipinski definition) is 4. The number of piperidine rings is 2. The number of aliphatic hydroxyl groups is 2. The second kappa shape index (κ2) is 18.9. The molecule has 35 heavy (non-hydrogen) atoms. The van der Waals surface area contributed by atoms with Crippen LogP contribution < -0.4 is 10.6 Å². The first-order chi connectivity index (χ1) is 14.4. The number of aryl methyl sites for hydroxylation is 4. The zero-order chi connectivity index (χ0) is 21.7. The first-order valence-corrected chi connectivity index (χ1v) is 11.2. The lowest BCUT2D eigenvalue weighted by atomic mass is 9.90. The van der Waals surface area contributed by atoms with E-state index in [2.05, 4.69) is 20.8 Å². The molecule has 0 saturated carbocycles. The molecule has 2 aliphatic heterocycles. The zero-order valence-electron chi connectivity index (χ0n) is 20.8. The second-order valence-electron chi connectivity index (χ2n) is 8.73. The van der Waals surface area contributed by atoms with Crippen molar-refractivity contribution in [3.05, 3.63) is 34.9 Å². The van der Waals surface area contributed by atoms with Crippen molar-refractivity contribution in [2.75, 3.05) is 26.2 Å². The summed E-state index contributed by atoms with van der Waals surface area (Å²) in [5.74, 6) is 0.723. The lowest BCUT2D eigenvalue weighted by molar-refractivity contribution is 0.0845. The molecule has 0 aromatic carbocycles. The van der Waals surface area contributed by atoms with Crippen LogP contribution in [0.2, 0.25) is 0 Å². The van der Waals surface area contributed by atoms with Crippen molar-refractivity contribution in [2.45, 2.75) is 51.7 Å². The van der Waals surface area contributed by atoms with Crippen molar-refractivity contribution in [1.82, 2.24) is 30.2 Å². The Morgan fingerprint density at radius 3 is 1.20 bits per heavy atom.